The maximum Gasteiger partial charge on any atom is 0.342 e. The Bertz CT molecular complexity index is 901. The Morgan fingerprint density at radius 3 is 2.65 bits per heavy atom. The molecule has 0 saturated carbocycles. The minimum absolute atomic E-state index is 0.411. The van der Waals surface area contributed by atoms with Crippen molar-refractivity contribution in [3.8, 4) is 11.3 Å². The number of rotatable bonds is 1. The van der Waals surface area contributed by atoms with Gasteiger partial charge in [0.15, 0.2) is 5.69 Å². The van der Waals surface area contributed by atoms with Gasteiger partial charge in [-0.3, -0.25) is 0 Å². The zero-order chi connectivity index (χ0) is 14.1. The van der Waals surface area contributed by atoms with Crippen LogP contribution in [0.1, 0.15) is 5.56 Å². The molecule has 0 N–H and O–H groups in total. The van der Waals surface area contributed by atoms with Crippen molar-refractivity contribution >= 4 is 16.5 Å². The van der Waals surface area contributed by atoms with Gasteiger partial charge >= 0.3 is 5.63 Å². The normalized spacial score (nSPS) is 10.4. The summed E-state index contributed by atoms with van der Waals surface area (Å²) in [5.74, 6) is 0.552. The zero-order valence-electron chi connectivity index (χ0n) is 10.9. The van der Waals surface area contributed by atoms with Gasteiger partial charge < -0.3 is 4.42 Å². The van der Waals surface area contributed by atoms with Crippen molar-refractivity contribution in [2.75, 3.05) is 0 Å². The van der Waals surface area contributed by atoms with E-state index < -0.39 is 5.63 Å². The lowest BCUT2D eigenvalue weighted by Gasteiger charge is -2.05. The van der Waals surface area contributed by atoms with Crippen LogP contribution in [-0.4, -0.2) is 0 Å². The highest BCUT2D eigenvalue weighted by Gasteiger charge is 2.09. The van der Waals surface area contributed by atoms with Crippen molar-refractivity contribution in [3.63, 3.8) is 0 Å². The van der Waals surface area contributed by atoms with Crippen LogP contribution in [0, 0.1) is 13.5 Å². The third-order valence-electron chi connectivity index (χ3n) is 3.29. The molecule has 0 fully saturated rings. The number of hydrogen-bond acceptors (Lipinski definition) is 2. The Kier molecular flexibility index (Phi) is 2.85. The summed E-state index contributed by atoms with van der Waals surface area (Å²) in [6.07, 6.45) is 0. The van der Waals surface area contributed by atoms with Gasteiger partial charge in [0, 0.05) is 5.56 Å². The lowest BCUT2D eigenvalue weighted by Crippen LogP contribution is -2.00. The van der Waals surface area contributed by atoms with Crippen molar-refractivity contribution in [2.24, 2.45) is 0 Å². The van der Waals surface area contributed by atoms with Gasteiger partial charge in [-0.1, -0.05) is 36.4 Å². The predicted molar refractivity (Wildman–Crippen MR) is 78.9 cm³/mol. The minimum Gasteiger partial charge on any atom is -0.422 e. The van der Waals surface area contributed by atoms with Crippen molar-refractivity contribution < 1.29 is 4.42 Å². The van der Waals surface area contributed by atoms with E-state index in [0.717, 1.165) is 16.5 Å². The highest BCUT2D eigenvalue weighted by molar-refractivity contribution is 5.87. The molecule has 96 valence electrons. The summed E-state index contributed by atoms with van der Waals surface area (Å²) in [5.41, 5.74) is 1.98. The van der Waals surface area contributed by atoms with E-state index in [1.54, 1.807) is 18.2 Å². The van der Waals surface area contributed by atoms with E-state index in [-0.39, 0.29) is 0 Å². The van der Waals surface area contributed by atoms with Crippen LogP contribution in [-0.2, 0) is 0 Å². The van der Waals surface area contributed by atoms with Gasteiger partial charge in [-0.2, -0.15) is 0 Å². The smallest absolute Gasteiger partial charge is 0.342 e. The third kappa shape index (κ3) is 1.98. The molecule has 0 unspecified atom stereocenters. The van der Waals surface area contributed by atoms with Gasteiger partial charge in [0.05, 0.1) is 12.0 Å². The van der Waals surface area contributed by atoms with Crippen LogP contribution in [0.5, 0.6) is 0 Å². The van der Waals surface area contributed by atoms with Crippen LogP contribution in [0.25, 0.3) is 26.9 Å². The van der Waals surface area contributed by atoms with Crippen LogP contribution in [0.2, 0.25) is 0 Å². The van der Waals surface area contributed by atoms with E-state index in [2.05, 4.69) is 4.85 Å². The molecule has 0 amide bonds. The van der Waals surface area contributed by atoms with Gasteiger partial charge in [-0.05, 0) is 30.0 Å². The standard InChI is InChI=1S/C17H11NO2/c1-11-5-3-4-6-14(11)16-9-12-7-8-13(18-2)10-15(12)17(19)20-16/h3-10H,1H3. The summed E-state index contributed by atoms with van der Waals surface area (Å²) in [6.45, 7) is 8.96. The number of hydrogen-bond donors (Lipinski definition) is 0. The molecular formula is C17H11NO2. The molecule has 0 aliphatic heterocycles. The number of aryl methyl sites for hydroxylation is 1. The molecule has 3 nitrogen and oxygen atoms in total. The summed E-state index contributed by atoms with van der Waals surface area (Å²) in [6, 6.07) is 14.6. The topological polar surface area (TPSA) is 34.6 Å². The molecular weight excluding hydrogens is 250 g/mol. The molecule has 3 heteroatoms. The molecule has 1 heterocycles. The van der Waals surface area contributed by atoms with Gasteiger partial charge in [-0.15, -0.1) is 0 Å². The molecule has 0 atom stereocenters. The summed E-state index contributed by atoms with van der Waals surface area (Å²) in [4.78, 5) is 15.4. The molecule has 3 rings (SSSR count). The van der Waals surface area contributed by atoms with E-state index >= 15 is 0 Å². The Balaban J connectivity index is 2.29. The second-order valence-corrected chi connectivity index (χ2v) is 4.60. The van der Waals surface area contributed by atoms with E-state index in [4.69, 9.17) is 11.0 Å². The molecule has 3 aromatic rings. The SMILES string of the molecule is [C-]#[N+]c1ccc2cc(-c3ccccc3C)oc(=O)c2c1. The monoisotopic (exact) mass is 261 g/mol. The van der Waals surface area contributed by atoms with E-state index in [1.807, 2.05) is 37.3 Å². The van der Waals surface area contributed by atoms with Gasteiger partial charge in [0.25, 0.3) is 0 Å². The van der Waals surface area contributed by atoms with Crippen LogP contribution in [0.4, 0.5) is 5.69 Å². The molecule has 2 aromatic carbocycles. The third-order valence-corrected chi connectivity index (χ3v) is 3.29. The lowest BCUT2D eigenvalue weighted by molar-refractivity contribution is 0.534. The van der Waals surface area contributed by atoms with Gasteiger partial charge in [0.1, 0.15) is 5.76 Å². The van der Waals surface area contributed by atoms with Gasteiger partial charge in [0.2, 0.25) is 0 Å². The molecule has 0 aliphatic rings. The molecule has 0 aliphatic carbocycles. The van der Waals surface area contributed by atoms with Crippen LogP contribution >= 0.6 is 0 Å². The maximum atomic E-state index is 12.1. The number of fused-ring (bicyclic) bond motifs is 1. The number of nitrogens with zero attached hydrogens (tertiary/aromatic N) is 1. The Hall–Kier alpha value is -2.86. The fourth-order valence-corrected chi connectivity index (χ4v) is 2.22. The average Bonchev–Trinajstić information content (AvgIpc) is 2.47. The van der Waals surface area contributed by atoms with E-state index in [1.165, 1.54) is 0 Å². The maximum absolute atomic E-state index is 12.1. The van der Waals surface area contributed by atoms with Crippen LogP contribution in [0.15, 0.2) is 57.7 Å². The predicted octanol–water partition coefficient (Wildman–Crippen LogP) is 4.32. The summed E-state index contributed by atoms with van der Waals surface area (Å²) in [5, 5.41) is 1.22. The van der Waals surface area contributed by atoms with Crippen molar-refractivity contribution in [3.05, 3.63) is 75.9 Å². The summed E-state index contributed by atoms with van der Waals surface area (Å²) < 4.78 is 5.40. The Morgan fingerprint density at radius 1 is 1.10 bits per heavy atom. The first kappa shape index (κ1) is 12.2. The first-order valence-corrected chi connectivity index (χ1v) is 6.20. The van der Waals surface area contributed by atoms with E-state index in [0.29, 0.717) is 16.8 Å². The van der Waals surface area contributed by atoms with Crippen molar-refractivity contribution in [2.45, 2.75) is 6.92 Å². The first-order chi connectivity index (χ1) is 9.69. The lowest BCUT2D eigenvalue weighted by atomic mass is 10.0. The molecule has 0 radical (unpaired) electrons. The largest absolute Gasteiger partial charge is 0.422 e. The minimum atomic E-state index is -0.411. The first-order valence-electron chi connectivity index (χ1n) is 6.20. The highest BCUT2D eigenvalue weighted by Crippen LogP contribution is 2.26. The summed E-state index contributed by atoms with van der Waals surface area (Å²) in [7, 11) is 0. The quantitative estimate of drug-likeness (QED) is 0.611. The van der Waals surface area contributed by atoms with Crippen LogP contribution in [0.3, 0.4) is 0 Å². The Morgan fingerprint density at radius 2 is 1.90 bits per heavy atom. The molecule has 0 saturated heterocycles. The van der Waals surface area contributed by atoms with Crippen molar-refractivity contribution in [1.82, 2.24) is 0 Å². The molecule has 20 heavy (non-hydrogen) atoms. The van der Waals surface area contributed by atoms with E-state index in [9.17, 15) is 4.79 Å². The molecule has 0 bridgehead atoms. The highest BCUT2D eigenvalue weighted by atomic mass is 16.4. The zero-order valence-corrected chi connectivity index (χ0v) is 10.9. The van der Waals surface area contributed by atoms with Gasteiger partial charge in [-0.25, -0.2) is 9.64 Å². The average molecular weight is 261 g/mol. The summed E-state index contributed by atoms with van der Waals surface area (Å²) >= 11 is 0. The second-order valence-electron chi connectivity index (χ2n) is 4.60. The fraction of sp³-hybridized carbons (Fsp3) is 0.0588. The molecule has 0 spiro atoms. The number of benzene rings is 2. The Labute approximate surface area is 115 Å². The second kappa shape index (κ2) is 4.67. The van der Waals surface area contributed by atoms with Crippen molar-refractivity contribution in [1.29, 1.82) is 0 Å². The molecule has 1 aromatic heterocycles. The van der Waals surface area contributed by atoms with Crippen LogP contribution < -0.4 is 5.63 Å². The fourth-order valence-electron chi connectivity index (χ4n) is 2.22.